The number of rotatable bonds is 27. The van der Waals surface area contributed by atoms with Gasteiger partial charge in [-0.25, -0.2) is 9.59 Å². The molecule has 6 rings (SSSR count). The number of unbranched alkanes of at least 4 members (excludes halogenated alkanes) is 13. The lowest BCUT2D eigenvalue weighted by Gasteiger charge is -2.06. The smallest absolute Gasteiger partial charge is 0.335 e. The summed E-state index contributed by atoms with van der Waals surface area (Å²) in [5.74, 6) is -3.53. The number of aromatic hydroxyl groups is 1. The van der Waals surface area contributed by atoms with Crippen molar-refractivity contribution in [3.63, 3.8) is 0 Å². The van der Waals surface area contributed by atoms with Crippen molar-refractivity contribution in [1.29, 1.82) is 0 Å². The van der Waals surface area contributed by atoms with Crippen molar-refractivity contribution in [3.05, 3.63) is 171 Å². The van der Waals surface area contributed by atoms with E-state index in [1.807, 2.05) is 31.2 Å². The van der Waals surface area contributed by atoms with Gasteiger partial charge >= 0.3 is 23.9 Å². The van der Waals surface area contributed by atoms with E-state index in [1.165, 1.54) is 105 Å². The number of aryl methyl sites for hydroxylation is 1. The molecule has 0 aliphatic rings. The van der Waals surface area contributed by atoms with E-state index < -0.39 is 38.9 Å². The van der Waals surface area contributed by atoms with E-state index in [2.05, 4.69) is 28.2 Å². The number of benzene rings is 6. The van der Waals surface area contributed by atoms with Crippen molar-refractivity contribution >= 4 is 74.3 Å². The maximum atomic E-state index is 12.1. The Morgan fingerprint density at radius 3 is 1.49 bits per heavy atom. The molecule has 0 atom stereocenters. The second-order valence-corrected chi connectivity index (χ2v) is 19.3. The summed E-state index contributed by atoms with van der Waals surface area (Å²) in [5.41, 5.74) is 3.70. The predicted molar refractivity (Wildman–Crippen MR) is 299 cm³/mol. The fourth-order valence-corrected chi connectivity index (χ4v) is 8.17. The Labute approximate surface area is 449 Å². The van der Waals surface area contributed by atoms with E-state index in [1.54, 1.807) is 61.7 Å². The third-order valence-corrected chi connectivity index (χ3v) is 12.9. The molecule has 410 valence electrons. The van der Waals surface area contributed by atoms with Crippen LogP contribution in [0.1, 0.15) is 147 Å². The number of carboxylic acids is 4. The Morgan fingerprint density at radius 2 is 1.03 bits per heavy atom. The van der Waals surface area contributed by atoms with Crippen molar-refractivity contribution < 1.29 is 62.2 Å². The summed E-state index contributed by atoms with van der Waals surface area (Å²) in [4.78, 5) is 60.1. The van der Waals surface area contributed by atoms with Crippen molar-refractivity contribution in [2.75, 3.05) is 6.61 Å². The highest BCUT2D eigenvalue weighted by Crippen LogP contribution is 2.24. The highest BCUT2D eigenvalue weighted by molar-refractivity contribution is 7.86. The summed E-state index contributed by atoms with van der Waals surface area (Å²) < 4.78 is 29.3. The summed E-state index contributed by atoms with van der Waals surface area (Å²) in [6, 6.07) is 36.8. The number of phenols is 1. The average molecular weight is 1080 g/mol. The van der Waals surface area contributed by atoms with Crippen LogP contribution in [0.2, 0.25) is 0 Å². The number of carbonyl (C=O) groups is 4. The van der Waals surface area contributed by atoms with E-state index in [4.69, 9.17) is 24.6 Å². The maximum absolute atomic E-state index is 12.1. The molecule has 0 bridgehead atoms. The van der Waals surface area contributed by atoms with Crippen LogP contribution in [-0.4, -0.2) is 81.8 Å². The monoisotopic (exact) mass is 1080 g/mol. The minimum Gasteiger partial charge on any atom is -0.507 e. The lowest BCUT2D eigenvalue weighted by Crippen LogP contribution is -2.07. The van der Waals surface area contributed by atoms with Crippen molar-refractivity contribution in [2.24, 2.45) is 9.98 Å². The maximum Gasteiger partial charge on any atom is 0.335 e. The first kappa shape index (κ1) is 63.2. The van der Waals surface area contributed by atoms with Gasteiger partial charge in [-0.15, -0.1) is 0 Å². The van der Waals surface area contributed by atoms with Gasteiger partial charge in [-0.1, -0.05) is 144 Å². The van der Waals surface area contributed by atoms with E-state index in [9.17, 15) is 42.8 Å². The Kier molecular flexibility index (Phi) is 28.9. The Bertz CT molecular complexity index is 2950. The molecular weight excluding hydrogens is 1010 g/mol. The molecular formula is C59H69N3O14S. The number of hydrogen-bond donors (Lipinski definition) is 5. The zero-order chi connectivity index (χ0) is 56.4. The van der Waals surface area contributed by atoms with Crippen molar-refractivity contribution in [2.45, 2.75) is 121 Å². The van der Waals surface area contributed by atoms with Crippen LogP contribution < -0.4 is 0 Å². The molecule has 6 aromatic rings. The van der Waals surface area contributed by atoms with Crippen LogP contribution in [0.15, 0.2) is 148 Å². The molecule has 0 saturated carbocycles. The first-order valence-electron chi connectivity index (χ1n) is 25.5. The Hall–Kier alpha value is -8.09. The minimum atomic E-state index is -3.62. The molecule has 0 saturated heterocycles. The number of aromatic carboxylic acids is 2. The van der Waals surface area contributed by atoms with Crippen LogP contribution in [0.4, 0.5) is 17.1 Å². The molecule has 0 radical (unpaired) electrons. The summed E-state index contributed by atoms with van der Waals surface area (Å²) in [6.45, 7) is 3.78. The van der Waals surface area contributed by atoms with Gasteiger partial charge in [0.1, 0.15) is 5.75 Å². The van der Waals surface area contributed by atoms with Crippen LogP contribution in [0.5, 0.6) is 5.75 Å². The van der Waals surface area contributed by atoms with Crippen LogP contribution in [0, 0.1) is 17.0 Å². The summed E-state index contributed by atoms with van der Waals surface area (Å²) >= 11 is 0. The number of nitrogens with zero attached hydrogens (tertiary/aromatic N) is 3. The zero-order valence-corrected chi connectivity index (χ0v) is 44.4. The first-order valence-corrected chi connectivity index (χ1v) is 26.9. The lowest BCUT2D eigenvalue weighted by molar-refractivity contribution is -0.384. The number of nitro benzene ring substituents is 1. The zero-order valence-electron chi connectivity index (χ0n) is 43.5. The lowest BCUT2D eigenvalue weighted by atomic mass is 10.0. The fraction of sp³-hybridized carbons (Fsp3) is 0.322. The van der Waals surface area contributed by atoms with Gasteiger partial charge in [0.25, 0.3) is 15.8 Å². The average Bonchev–Trinajstić information content (AvgIpc) is 3.41. The Balaban J connectivity index is 0.000000296. The Morgan fingerprint density at radius 1 is 0.571 bits per heavy atom. The third kappa shape index (κ3) is 25.8. The number of non-ortho nitro benzene ring substituents is 1. The molecule has 0 unspecified atom stereocenters. The van der Waals surface area contributed by atoms with Gasteiger partial charge in [0.2, 0.25) is 0 Å². The number of aliphatic imine (C=N–C) groups is 2. The highest BCUT2D eigenvalue weighted by atomic mass is 32.2. The molecule has 17 nitrogen and oxygen atoms in total. The molecule has 6 aromatic carbocycles. The molecule has 0 heterocycles. The van der Waals surface area contributed by atoms with Crippen LogP contribution in [0.3, 0.4) is 0 Å². The summed E-state index contributed by atoms with van der Waals surface area (Å²) in [7, 11) is -3.62. The standard InChI is InChI=1S/C24H40O5S.C18H13NO2.C14H10N2O5.C3H6O2/c1-22-17-19-23(20-18-22)30(27,28)29-21-15-13-11-9-7-5-3-2-4-6-8-10-12-14-16-24(25)26;20-18(21)14-8-10-16(11-9-14)19-12-15-6-3-5-13-4-1-2-7-17(13)15;17-13-6-5-12(16(20)21)7-10(13)8-15-11-3-1-9(2-4-11)14(18)19;1-2-3(4)5/h17-20H,2-16,21H2,1H3,(H,25,26);1-12H,(H,20,21);1-8,17H,(H,18,19);2H2,1H3,(H,4,5). The van der Waals surface area contributed by atoms with E-state index >= 15 is 0 Å². The van der Waals surface area contributed by atoms with Gasteiger partial charge in [-0.05, 0) is 97.3 Å². The molecule has 0 aromatic heterocycles. The molecule has 0 fully saturated rings. The minimum absolute atomic E-state index is 0.132. The normalized spacial score (nSPS) is 10.9. The topological polar surface area (TPSA) is 281 Å². The van der Waals surface area contributed by atoms with Gasteiger partial charge in [0.15, 0.2) is 0 Å². The number of carboxylic acid groups (broad SMARTS) is 4. The van der Waals surface area contributed by atoms with Crippen LogP contribution >= 0.6 is 0 Å². The van der Waals surface area contributed by atoms with Gasteiger partial charge in [0, 0.05) is 48.5 Å². The number of fused-ring (bicyclic) bond motifs is 1. The van der Waals surface area contributed by atoms with E-state index in [0.717, 1.165) is 60.7 Å². The van der Waals surface area contributed by atoms with Gasteiger partial charge in [0.05, 0.1) is 38.9 Å². The SMILES string of the molecule is CCC(=O)O.Cc1ccc(S(=O)(=O)OCCCCCCCCCCCCCCCCC(=O)O)cc1.O=C(O)c1ccc(N=Cc2cc([N+](=O)[O-])ccc2O)cc1.O=C(O)c1ccc(N=Cc2cccc3ccccc23)cc1. The number of nitro groups is 1. The second kappa shape index (κ2) is 35.2. The van der Waals surface area contributed by atoms with Gasteiger partial charge < -0.3 is 25.5 Å². The third-order valence-electron chi connectivity index (χ3n) is 11.6. The quantitative estimate of drug-likeness (QED) is 0.0105. The molecule has 0 amide bonds. The number of phenolic OH excluding ortho intramolecular Hbond substituents is 1. The number of hydrogen-bond acceptors (Lipinski definition) is 12. The predicted octanol–water partition coefficient (Wildman–Crippen LogP) is 14.2. The van der Waals surface area contributed by atoms with Gasteiger partial charge in [-0.3, -0.25) is 33.9 Å². The van der Waals surface area contributed by atoms with Gasteiger partial charge in [-0.2, -0.15) is 8.42 Å². The molecule has 0 spiro atoms. The summed E-state index contributed by atoms with van der Waals surface area (Å²) in [6.07, 6.45) is 19.6. The van der Waals surface area contributed by atoms with Crippen molar-refractivity contribution in [1.82, 2.24) is 0 Å². The molecule has 0 aliphatic carbocycles. The highest BCUT2D eigenvalue weighted by Gasteiger charge is 2.14. The van der Waals surface area contributed by atoms with Crippen LogP contribution in [0.25, 0.3) is 10.8 Å². The molecule has 0 aliphatic heterocycles. The largest absolute Gasteiger partial charge is 0.507 e. The fourth-order valence-electron chi connectivity index (χ4n) is 7.23. The second-order valence-electron chi connectivity index (χ2n) is 17.7. The summed E-state index contributed by atoms with van der Waals surface area (Å²) in [5, 5.41) is 56.5. The van der Waals surface area contributed by atoms with Crippen molar-refractivity contribution in [3.8, 4) is 5.75 Å². The number of aliphatic carboxylic acids is 2. The van der Waals surface area contributed by atoms with Crippen LogP contribution in [-0.2, 0) is 23.9 Å². The first-order chi connectivity index (χ1) is 36.9. The molecule has 5 N–H and O–H groups in total. The van der Waals surface area contributed by atoms with E-state index in [-0.39, 0.29) is 46.1 Å². The van der Waals surface area contributed by atoms with E-state index in [0.29, 0.717) is 12.1 Å². The molecule has 77 heavy (non-hydrogen) atoms. The molecule has 18 heteroatoms.